The molecule has 4 rings (SSSR count). The van der Waals surface area contributed by atoms with E-state index >= 15 is 0 Å². The molecule has 0 bridgehead atoms. The Morgan fingerprint density at radius 2 is 1.42 bits per heavy atom. The van der Waals surface area contributed by atoms with Gasteiger partial charge in [-0.3, -0.25) is 4.79 Å². The van der Waals surface area contributed by atoms with E-state index in [0.29, 0.717) is 25.5 Å². The van der Waals surface area contributed by atoms with Crippen molar-refractivity contribution in [2.24, 2.45) is 11.5 Å². The number of hydrogen-bond acceptors (Lipinski definition) is 5. The van der Waals surface area contributed by atoms with E-state index in [2.05, 4.69) is 35.8 Å². The molecule has 6 heteroatoms. The second-order valence-electron chi connectivity index (χ2n) is 8.31. The molecular formula is C30H33N3O2S. The van der Waals surface area contributed by atoms with Gasteiger partial charge >= 0.3 is 0 Å². The smallest absolute Gasteiger partial charge is 0.217 e. The standard InChI is InChI=1S/C23H24N2O2.C7H9NS/c24-22(26)14-8-3-9-15-27-23-17-20(18-10-4-1-5-11-18)16-21(25-23)19-12-6-2-7-13-19;8-5-6-1-3-7(9)4-2-6/h1-2,4-7,10-13,16-17H,3,8-9,14-15H2,(H2,24,26);1-4,9H,5,8H2. The highest BCUT2D eigenvalue weighted by Gasteiger charge is 2.08. The number of benzene rings is 3. The number of aromatic nitrogens is 1. The number of hydrogen-bond donors (Lipinski definition) is 3. The first-order valence-corrected chi connectivity index (χ1v) is 12.5. The summed E-state index contributed by atoms with van der Waals surface area (Å²) in [6, 6.07) is 32.2. The van der Waals surface area contributed by atoms with E-state index in [4.69, 9.17) is 16.2 Å². The lowest BCUT2D eigenvalue weighted by Crippen LogP contribution is -2.09. The van der Waals surface area contributed by atoms with E-state index in [9.17, 15) is 4.79 Å². The third kappa shape index (κ3) is 9.21. The van der Waals surface area contributed by atoms with Crippen LogP contribution in [0.2, 0.25) is 0 Å². The van der Waals surface area contributed by atoms with Crippen molar-refractivity contribution < 1.29 is 9.53 Å². The van der Waals surface area contributed by atoms with E-state index in [0.717, 1.165) is 52.1 Å². The maximum atomic E-state index is 10.8. The topological polar surface area (TPSA) is 91.2 Å². The highest BCUT2D eigenvalue weighted by Crippen LogP contribution is 2.28. The summed E-state index contributed by atoms with van der Waals surface area (Å²) in [5, 5.41) is 0. The van der Waals surface area contributed by atoms with Crippen molar-refractivity contribution in [1.29, 1.82) is 0 Å². The molecule has 0 fully saturated rings. The van der Waals surface area contributed by atoms with Crippen LogP contribution in [0.15, 0.2) is 102 Å². The van der Waals surface area contributed by atoms with Crippen LogP contribution in [0.1, 0.15) is 31.2 Å². The fourth-order valence-electron chi connectivity index (χ4n) is 3.52. The van der Waals surface area contributed by atoms with Crippen LogP contribution in [0.25, 0.3) is 22.4 Å². The van der Waals surface area contributed by atoms with Crippen molar-refractivity contribution in [3.8, 4) is 28.3 Å². The van der Waals surface area contributed by atoms with Crippen LogP contribution in [0.5, 0.6) is 5.88 Å². The van der Waals surface area contributed by atoms with Gasteiger partial charge in [-0.15, -0.1) is 12.6 Å². The lowest BCUT2D eigenvalue weighted by Gasteiger charge is -2.11. The van der Waals surface area contributed by atoms with Crippen molar-refractivity contribution >= 4 is 18.5 Å². The average Bonchev–Trinajstić information content (AvgIpc) is 2.92. The number of primary amides is 1. The van der Waals surface area contributed by atoms with Gasteiger partial charge in [0.25, 0.3) is 0 Å². The predicted molar refractivity (Wildman–Crippen MR) is 150 cm³/mol. The maximum absolute atomic E-state index is 10.8. The number of carbonyl (C=O) groups excluding carboxylic acids is 1. The Kier molecular flexibility index (Phi) is 11.0. The number of ether oxygens (including phenoxy) is 1. The van der Waals surface area contributed by atoms with Gasteiger partial charge in [0.2, 0.25) is 11.8 Å². The van der Waals surface area contributed by atoms with Crippen LogP contribution in [-0.2, 0) is 11.3 Å². The van der Waals surface area contributed by atoms with Crippen molar-refractivity contribution in [2.45, 2.75) is 37.1 Å². The fraction of sp³-hybridized carbons (Fsp3) is 0.200. The highest BCUT2D eigenvalue weighted by molar-refractivity contribution is 7.80. The minimum absolute atomic E-state index is 0.249. The zero-order valence-corrected chi connectivity index (χ0v) is 21.2. The second-order valence-corrected chi connectivity index (χ2v) is 8.82. The Morgan fingerprint density at radius 3 is 2.03 bits per heavy atom. The summed E-state index contributed by atoms with van der Waals surface area (Å²) < 4.78 is 5.91. The summed E-state index contributed by atoms with van der Waals surface area (Å²) in [6.07, 6.45) is 3.00. The molecule has 0 atom stereocenters. The zero-order valence-electron chi connectivity index (χ0n) is 20.3. The number of rotatable bonds is 10. The molecule has 0 radical (unpaired) electrons. The molecule has 0 saturated heterocycles. The number of unbranched alkanes of at least 4 members (excludes halogenated alkanes) is 2. The Balaban J connectivity index is 0.000000338. The summed E-state index contributed by atoms with van der Waals surface area (Å²) in [5.74, 6) is 0.366. The SMILES string of the molecule is NC(=O)CCCCCOc1cc(-c2ccccc2)cc(-c2ccccc2)n1.NCc1ccc(S)cc1. The van der Waals surface area contributed by atoms with Gasteiger partial charge in [-0.2, -0.15) is 0 Å². The van der Waals surface area contributed by atoms with Gasteiger partial charge in [0.05, 0.1) is 12.3 Å². The van der Waals surface area contributed by atoms with Crippen LogP contribution in [0.3, 0.4) is 0 Å². The van der Waals surface area contributed by atoms with Crippen LogP contribution in [0, 0.1) is 0 Å². The first kappa shape index (κ1) is 27.0. The molecular weight excluding hydrogens is 466 g/mol. The van der Waals surface area contributed by atoms with Gasteiger partial charge in [-0.1, -0.05) is 72.8 Å². The largest absolute Gasteiger partial charge is 0.478 e. The quantitative estimate of drug-likeness (QED) is 0.177. The molecule has 186 valence electrons. The summed E-state index contributed by atoms with van der Waals surface area (Å²) in [7, 11) is 0. The average molecular weight is 500 g/mol. The van der Waals surface area contributed by atoms with Crippen LogP contribution < -0.4 is 16.2 Å². The molecule has 0 spiro atoms. The van der Waals surface area contributed by atoms with Gasteiger partial charge in [-0.05, 0) is 54.2 Å². The second kappa shape index (κ2) is 14.7. The third-order valence-electron chi connectivity index (χ3n) is 5.47. The molecule has 4 aromatic rings. The van der Waals surface area contributed by atoms with E-state index in [1.807, 2.05) is 78.9 Å². The number of nitrogens with two attached hydrogens (primary N) is 2. The first-order chi connectivity index (χ1) is 17.5. The fourth-order valence-corrected chi connectivity index (χ4v) is 3.67. The van der Waals surface area contributed by atoms with E-state index < -0.39 is 0 Å². The Bertz CT molecular complexity index is 1140. The lowest BCUT2D eigenvalue weighted by molar-refractivity contribution is -0.118. The summed E-state index contributed by atoms with van der Waals surface area (Å²) >= 11 is 4.13. The van der Waals surface area contributed by atoms with Gasteiger partial charge in [0, 0.05) is 29.5 Å². The third-order valence-corrected chi connectivity index (χ3v) is 5.77. The number of nitrogens with zero attached hydrogens (tertiary/aromatic N) is 1. The Hall–Kier alpha value is -3.61. The van der Waals surface area contributed by atoms with E-state index in [1.54, 1.807) is 0 Å². The van der Waals surface area contributed by atoms with Crippen molar-refractivity contribution in [2.75, 3.05) is 6.61 Å². The number of carbonyl (C=O) groups is 1. The van der Waals surface area contributed by atoms with Crippen LogP contribution >= 0.6 is 12.6 Å². The van der Waals surface area contributed by atoms with Gasteiger partial charge < -0.3 is 16.2 Å². The van der Waals surface area contributed by atoms with Crippen molar-refractivity contribution in [3.05, 3.63) is 103 Å². The zero-order chi connectivity index (χ0) is 25.6. The Labute approximate surface area is 218 Å². The molecule has 36 heavy (non-hydrogen) atoms. The van der Waals surface area contributed by atoms with Gasteiger partial charge in [0.15, 0.2) is 0 Å². The molecule has 3 aromatic carbocycles. The first-order valence-electron chi connectivity index (χ1n) is 12.1. The summed E-state index contributed by atoms with van der Waals surface area (Å²) in [6.45, 7) is 1.17. The molecule has 0 aliphatic rings. The molecule has 0 unspecified atom stereocenters. The molecule has 0 aliphatic carbocycles. The Morgan fingerprint density at radius 1 is 0.778 bits per heavy atom. The molecule has 5 nitrogen and oxygen atoms in total. The summed E-state index contributed by atoms with van der Waals surface area (Å²) in [5.41, 5.74) is 15.8. The molecule has 1 aromatic heterocycles. The van der Waals surface area contributed by atoms with Crippen LogP contribution in [-0.4, -0.2) is 17.5 Å². The molecule has 1 heterocycles. The van der Waals surface area contributed by atoms with Crippen molar-refractivity contribution in [1.82, 2.24) is 4.98 Å². The van der Waals surface area contributed by atoms with E-state index in [-0.39, 0.29) is 5.91 Å². The molecule has 4 N–H and O–H groups in total. The normalized spacial score (nSPS) is 10.3. The van der Waals surface area contributed by atoms with Gasteiger partial charge in [-0.25, -0.2) is 4.98 Å². The molecule has 0 aliphatic heterocycles. The minimum atomic E-state index is -0.249. The van der Waals surface area contributed by atoms with Crippen LogP contribution in [0.4, 0.5) is 0 Å². The minimum Gasteiger partial charge on any atom is -0.478 e. The maximum Gasteiger partial charge on any atom is 0.217 e. The molecule has 1 amide bonds. The number of pyridine rings is 1. The van der Waals surface area contributed by atoms with Gasteiger partial charge in [0.1, 0.15) is 0 Å². The highest BCUT2D eigenvalue weighted by atomic mass is 32.1. The summed E-state index contributed by atoms with van der Waals surface area (Å²) in [4.78, 5) is 16.4. The van der Waals surface area contributed by atoms with E-state index in [1.165, 1.54) is 0 Å². The lowest BCUT2D eigenvalue weighted by atomic mass is 10.0. The van der Waals surface area contributed by atoms with Crippen molar-refractivity contribution in [3.63, 3.8) is 0 Å². The predicted octanol–water partition coefficient (Wildman–Crippen LogP) is 6.27. The monoisotopic (exact) mass is 499 g/mol. The number of thiol groups is 1. The number of amides is 1. The molecule has 0 saturated carbocycles.